The number of methoxy groups -OCH3 is 1. The van der Waals surface area contributed by atoms with Gasteiger partial charge in [-0.15, -0.1) is 11.6 Å². The number of thioether (sulfide) groups is 1. The molecule has 2 N–H and O–H groups in total. The van der Waals surface area contributed by atoms with Gasteiger partial charge in [0, 0.05) is 32.3 Å². The molecule has 0 aliphatic heterocycles. The fourth-order valence-corrected chi connectivity index (χ4v) is 3.12. The van der Waals surface area contributed by atoms with Crippen molar-refractivity contribution in [3.8, 4) is 0 Å². The summed E-state index contributed by atoms with van der Waals surface area (Å²) in [7, 11) is 3.10. The van der Waals surface area contributed by atoms with Crippen LogP contribution in [0.3, 0.4) is 0 Å². The monoisotopic (exact) mass is 348 g/mol. The van der Waals surface area contributed by atoms with E-state index in [2.05, 4.69) is 9.97 Å². The number of aliphatic hydroxyl groups excluding tert-OH is 1. The van der Waals surface area contributed by atoms with Gasteiger partial charge in [-0.3, -0.25) is 14.3 Å². The molecule has 0 unspecified atom stereocenters. The van der Waals surface area contributed by atoms with E-state index in [0.717, 1.165) is 0 Å². The summed E-state index contributed by atoms with van der Waals surface area (Å²) in [5.74, 6) is 0.454. The number of hydrogen-bond donors (Lipinski definition) is 2. The van der Waals surface area contributed by atoms with Crippen molar-refractivity contribution < 1.29 is 9.84 Å². The highest BCUT2D eigenvalue weighted by Gasteiger charge is 2.18. The number of aromatic nitrogens is 4. The summed E-state index contributed by atoms with van der Waals surface area (Å²) in [4.78, 5) is 30.4. The topological polar surface area (TPSA) is 102 Å². The molecule has 0 aliphatic carbocycles. The predicted molar refractivity (Wildman–Crippen MR) is 84.9 cm³/mol. The van der Waals surface area contributed by atoms with Crippen molar-refractivity contribution in [3.05, 3.63) is 20.8 Å². The summed E-state index contributed by atoms with van der Waals surface area (Å²) < 4.78 is 8.01. The summed E-state index contributed by atoms with van der Waals surface area (Å²) in [6.45, 7) is 0.799. The van der Waals surface area contributed by atoms with Crippen molar-refractivity contribution >= 4 is 34.5 Å². The Morgan fingerprint density at radius 1 is 1.50 bits per heavy atom. The van der Waals surface area contributed by atoms with Crippen molar-refractivity contribution in [2.24, 2.45) is 7.05 Å². The molecule has 0 radical (unpaired) electrons. The number of rotatable bonds is 7. The second-order valence-corrected chi connectivity index (χ2v) is 5.94. The molecule has 2 aromatic heterocycles. The minimum atomic E-state index is -0.676. The van der Waals surface area contributed by atoms with E-state index in [9.17, 15) is 14.7 Å². The molecule has 0 saturated heterocycles. The minimum Gasteiger partial charge on any atom is -0.391 e. The van der Waals surface area contributed by atoms with Crippen LogP contribution in [0.25, 0.3) is 11.2 Å². The molecule has 2 rings (SSSR count). The van der Waals surface area contributed by atoms with Crippen molar-refractivity contribution in [2.75, 3.05) is 25.3 Å². The van der Waals surface area contributed by atoms with Crippen LogP contribution in [0.15, 0.2) is 14.7 Å². The van der Waals surface area contributed by atoms with Gasteiger partial charge in [-0.05, 0) is 0 Å². The number of imidazole rings is 1. The lowest BCUT2D eigenvalue weighted by atomic mass is 10.5. The number of hydrogen-bond acceptors (Lipinski definition) is 6. The molecule has 2 heterocycles. The maximum absolute atomic E-state index is 12.1. The minimum absolute atomic E-state index is 0.115. The summed E-state index contributed by atoms with van der Waals surface area (Å²) >= 11 is 6.85. The van der Waals surface area contributed by atoms with Gasteiger partial charge in [0.2, 0.25) is 0 Å². The average Bonchev–Trinajstić information content (AvgIpc) is 2.87. The Hall–Kier alpha value is -1.29. The lowest BCUT2D eigenvalue weighted by molar-refractivity contribution is 0.186. The standard InChI is InChI=1S/C12H17ClN4O4S/c1-16-9-8(10(19)15-11(16)20)17(3-4-21-2)12(14-9)22-6-7(18)5-13/h7,18H,3-6H2,1-2H3,(H,15,19,20)/t7-/m0/s1. The maximum atomic E-state index is 12.1. The van der Waals surface area contributed by atoms with E-state index in [1.165, 1.54) is 23.4 Å². The van der Waals surface area contributed by atoms with Gasteiger partial charge in [0.05, 0.1) is 12.7 Å². The van der Waals surface area contributed by atoms with Gasteiger partial charge >= 0.3 is 5.69 Å². The number of H-pyrrole nitrogens is 1. The molecular weight excluding hydrogens is 332 g/mol. The molecule has 0 spiro atoms. The third-order valence-corrected chi connectivity index (χ3v) is 4.55. The smallest absolute Gasteiger partial charge is 0.329 e. The molecule has 0 aromatic carbocycles. The number of aromatic amines is 1. The molecule has 0 bridgehead atoms. The highest BCUT2D eigenvalue weighted by atomic mass is 35.5. The molecule has 22 heavy (non-hydrogen) atoms. The lowest BCUT2D eigenvalue weighted by Gasteiger charge is -2.09. The zero-order valence-electron chi connectivity index (χ0n) is 12.2. The van der Waals surface area contributed by atoms with E-state index in [1.54, 1.807) is 11.7 Å². The number of nitrogens with one attached hydrogen (secondary N) is 1. The number of aryl methyl sites for hydroxylation is 1. The van der Waals surface area contributed by atoms with Crippen LogP contribution in [0.2, 0.25) is 0 Å². The zero-order chi connectivity index (χ0) is 16.3. The highest BCUT2D eigenvalue weighted by Crippen LogP contribution is 2.22. The molecule has 122 valence electrons. The van der Waals surface area contributed by atoms with Gasteiger partial charge in [-0.2, -0.15) is 0 Å². The summed E-state index contributed by atoms with van der Waals surface area (Å²) in [6.07, 6.45) is -0.676. The number of ether oxygens (including phenoxy) is 1. The largest absolute Gasteiger partial charge is 0.391 e. The molecule has 1 atom stereocenters. The Labute approximate surface area is 135 Å². The first-order chi connectivity index (χ1) is 10.5. The molecule has 0 aliphatic rings. The van der Waals surface area contributed by atoms with E-state index < -0.39 is 17.4 Å². The van der Waals surface area contributed by atoms with Crippen molar-refractivity contribution in [1.29, 1.82) is 0 Å². The Morgan fingerprint density at radius 2 is 2.23 bits per heavy atom. The van der Waals surface area contributed by atoms with Crippen LogP contribution >= 0.6 is 23.4 Å². The molecule has 8 nitrogen and oxygen atoms in total. The van der Waals surface area contributed by atoms with Gasteiger partial charge in [0.15, 0.2) is 16.3 Å². The number of alkyl halides is 1. The van der Waals surface area contributed by atoms with Gasteiger partial charge in [0.1, 0.15) is 0 Å². The number of nitrogens with zero attached hydrogens (tertiary/aromatic N) is 3. The number of fused-ring (bicyclic) bond motifs is 1. The second-order valence-electron chi connectivity index (χ2n) is 4.65. The summed E-state index contributed by atoms with van der Waals surface area (Å²) in [5.41, 5.74) is -0.410. The van der Waals surface area contributed by atoms with Gasteiger partial charge in [-0.25, -0.2) is 9.78 Å². The van der Waals surface area contributed by atoms with Crippen LogP contribution in [-0.2, 0) is 18.3 Å². The Balaban J connectivity index is 2.54. The van der Waals surface area contributed by atoms with Crippen molar-refractivity contribution in [3.63, 3.8) is 0 Å². The molecule has 2 aromatic rings. The van der Waals surface area contributed by atoms with Crippen LogP contribution in [0.1, 0.15) is 0 Å². The molecule has 10 heteroatoms. The van der Waals surface area contributed by atoms with Crippen LogP contribution in [0, 0.1) is 0 Å². The first-order valence-corrected chi connectivity index (χ1v) is 8.07. The van der Waals surface area contributed by atoms with Crippen LogP contribution in [-0.4, -0.2) is 55.7 Å². The van der Waals surface area contributed by atoms with E-state index in [0.29, 0.717) is 35.2 Å². The third kappa shape index (κ3) is 3.37. The maximum Gasteiger partial charge on any atom is 0.329 e. The molecule has 0 fully saturated rings. The first kappa shape index (κ1) is 17.1. The van der Waals surface area contributed by atoms with Crippen molar-refractivity contribution in [2.45, 2.75) is 17.8 Å². The summed E-state index contributed by atoms with van der Waals surface area (Å²) in [6, 6.07) is 0. The SMILES string of the molecule is COCCn1c(SC[C@@H](O)CCl)nc2c1c(=O)[nH]c(=O)n2C. The molecular formula is C12H17ClN4O4S. The highest BCUT2D eigenvalue weighted by molar-refractivity contribution is 7.99. The van der Waals surface area contributed by atoms with Gasteiger partial charge in [-0.1, -0.05) is 11.8 Å². The number of halogens is 1. The quantitative estimate of drug-likeness (QED) is 0.529. The van der Waals surface area contributed by atoms with E-state index in [-0.39, 0.29) is 5.88 Å². The zero-order valence-corrected chi connectivity index (χ0v) is 13.8. The fourth-order valence-electron chi connectivity index (χ4n) is 1.93. The third-order valence-electron chi connectivity index (χ3n) is 3.07. The normalized spacial score (nSPS) is 12.9. The van der Waals surface area contributed by atoms with Crippen LogP contribution < -0.4 is 11.2 Å². The molecule has 0 amide bonds. The number of aliphatic hydroxyl groups is 1. The molecule has 0 saturated carbocycles. The van der Waals surface area contributed by atoms with E-state index in [4.69, 9.17) is 16.3 Å². The average molecular weight is 349 g/mol. The Kier molecular flexibility index (Phi) is 5.68. The van der Waals surface area contributed by atoms with Crippen LogP contribution in [0.4, 0.5) is 0 Å². The lowest BCUT2D eigenvalue weighted by Crippen LogP contribution is -2.29. The fraction of sp³-hybridized carbons (Fsp3) is 0.583. The van der Waals surface area contributed by atoms with Gasteiger partial charge < -0.3 is 14.4 Å². The van der Waals surface area contributed by atoms with Crippen molar-refractivity contribution in [1.82, 2.24) is 19.1 Å². The second kappa shape index (κ2) is 7.32. The Morgan fingerprint density at radius 3 is 2.86 bits per heavy atom. The predicted octanol–water partition coefficient (Wildman–Crippen LogP) is -0.238. The van der Waals surface area contributed by atoms with Gasteiger partial charge in [0.25, 0.3) is 5.56 Å². The van der Waals surface area contributed by atoms with Crippen LogP contribution in [0.5, 0.6) is 0 Å². The van der Waals surface area contributed by atoms with E-state index >= 15 is 0 Å². The Bertz CT molecular complexity index is 769. The summed E-state index contributed by atoms with van der Waals surface area (Å²) in [5, 5.41) is 10.1. The first-order valence-electron chi connectivity index (χ1n) is 6.55. The van der Waals surface area contributed by atoms with E-state index in [1.807, 2.05) is 0 Å².